The van der Waals surface area contributed by atoms with E-state index >= 15 is 0 Å². The molecule has 0 spiro atoms. The molecule has 7 nitrogen and oxygen atoms in total. The van der Waals surface area contributed by atoms with Crippen LogP contribution in [-0.2, 0) is 16.0 Å². The van der Waals surface area contributed by atoms with Gasteiger partial charge < -0.3 is 24.4 Å². The molecule has 0 saturated carbocycles. The SMILES string of the molecule is CCN(CC)CCN1C(=O)C(=O)/C(=C(\O)c2ccc3c(c2)CC(C)O3)C1c1cccc(OC(C)C)c1. The van der Waals surface area contributed by atoms with Crippen molar-refractivity contribution in [3.8, 4) is 11.5 Å². The zero-order chi connectivity index (χ0) is 26.0. The third-order valence-corrected chi connectivity index (χ3v) is 6.81. The number of carbonyl (C=O) groups is 2. The molecule has 2 aromatic rings. The predicted molar refractivity (Wildman–Crippen MR) is 139 cm³/mol. The fourth-order valence-electron chi connectivity index (χ4n) is 5.00. The molecule has 2 aliphatic heterocycles. The van der Waals surface area contributed by atoms with E-state index in [2.05, 4.69) is 18.7 Å². The monoisotopic (exact) mass is 492 g/mol. The molecule has 2 aliphatic rings. The Kier molecular flexibility index (Phi) is 7.69. The van der Waals surface area contributed by atoms with Crippen LogP contribution in [0.5, 0.6) is 11.5 Å². The Bertz CT molecular complexity index is 1170. The summed E-state index contributed by atoms with van der Waals surface area (Å²) in [6, 6.07) is 12.1. The maximum Gasteiger partial charge on any atom is 0.295 e. The summed E-state index contributed by atoms with van der Waals surface area (Å²) in [7, 11) is 0. The summed E-state index contributed by atoms with van der Waals surface area (Å²) in [5.74, 6) is 0.00915. The molecule has 7 heteroatoms. The fraction of sp³-hybridized carbons (Fsp3) is 0.448. The number of aliphatic hydroxyl groups excluding tert-OH is 1. The van der Waals surface area contributed by atoms with Gasteiger partial charge in [0.25, 0.3) is 11.7 Å². The van der Waals surface area contributed by atoms with Crippen LogP contribution in [0.3, 0.4) is 0 Å². The number of ether oxygens (including phenoxy) is 2. The molecule has 0 aliphatic carbocycles. The molecule has 0 aromatic heterocycles. The third kappa shape index (κ3) is 5.12. The summed E-state index contributed by atoms with van der Waals surface area (Å²) in [5.41, 5.74) is 2.32. The van der Waals surface area contributed by atoms with Crippen molar-refractivity contribution >= 4 is 17.4 Å². The zero-order valence-electron chi connectivity index (χ0n) is 21.8. The van der Waals surface area contributed by atoms with Crippen molar-refractivity contribution in [1.29, 1.82) is 0 Å². The standard InChI is InChI=1S/C29H36N2O5/c1-6-30(7-2)13-14-31-26(20-9-8-10-23(17-20)35-18(3)4)25(28(33)29(31)34)27(32)21-11-12-24-22(16-21)15-19(5)36-24/h8-12,16-19,26,32H,6-7,13-15H2,1-5H3/b27-25-. The molecule has 2 heterocycles. The van der Waals surface area contributed by atoms with E-state index in [1.54, 1.807) is 11.0 Å². The number of likely N-dealkylation sites (tertiary alicyclic amines) is 1. The molecule has 192 valence electrons. The van der Waals surface area contributed by atoms with Crippen LogP contribution in [0.15, 0.2) is 48.0 Å². The van der Waals surface area contributed by atoms with Crippen LogP contribution in [0.4, 0.5) is 0 Å². The van der Waals surface area contributed by atoms with Crippen LogP contribution in [0, 0.1) is 0 Å². The van der Waals surface area contributed by atoms with E-state index in [9.17, 15) is 14.7 Å². The molecule has 1 saturated heterocycles. The first kappa shape index (κ1) is 25.8. The maximum atomic E-state index is 13.4. The highest BCUT2D eigenvalue weighted by Gasteiger charge is 2.46. The summed E-state index contributed by atoms with van der Waals surface area (Å²) in [4.78, 5) is 30.4. The molecular weight excluding hydrogens is 456 g/mol. The highest BCUT2D eigenvalue weighted by molar-refractivity contribution is 6.46. The Morgan fingerprint density at radius 2 is 1.92 bits per heavy atom. The van der Waals surface area contributed by atoms with Crippen LogP contribution in [-0.4, -0.2) is 65.0 Å². The molecule has 1 N–H and O–H groups in total. The van der Waals surface area contributed by atoms with Gasteiger partial charge in [0.2, 0.25) is 0 Å². The number of amides is 1. The molecule has 2 unspecified atom stereocenters. The van der Waals surface area contributed by atoms with Crippen LogP contribution in [0.1, 0.15) is 57.4 Å². The predicted octanol–water partition coefficient (Wildman–Crippen LogP) is 4.56. The number of hydrogen-bond donors (Lipinski definition) is 1. The van der Waals surface area contributed by atoms with E-state index in [0.29, 0.717) is 24.4 Å². The fourth-order valence-corrected chi connectivity index (χ4v) is 5.00. The Hall–Kier alpha value is -3.32. The van der Waals surface area contributed by atoms with Gasteiger partial charge in [-0.25, -0.2) is 0 Å². The van der Waals surface area contributed by atoms with E-state index in [4.69, 9.17) is 9.47 Å². The van der Waals surface area contributed by atoms with Gasteiger partial charge in [-0.05, 0) is 75.3 Å². The van der Waals surface area contributed by atoms with E-state index in [1.165, 1.54) is 0 Å². The smallest absolute Gasteiger partial charge is 0.295 e. The van der Waals surface area contributed by atoms with E-state index in [-0.39, 0.29) is 23.5 Å². The summed E-state index contributed by atoms with van der Waals surface area (Å²) in [6.07, 6.45) is 0.768. The molecule has 1 fully saturated rings. The minimum atomic E-state index is -0.709. The summed E-state index contributed by atoms with van der Waals surface area (Å²) in [6.45, 7) is 12.7. The second kappa shape index (κ2) is 10.7. The lowest BCUT2D eigenvalue weighted by Crippen LogP contribution is -2.38. The normalized spacial score (nSPS) is 20.8. The van der Waals surface area contributed by atoms with E-state index < -0.39 is 17.7 Å². The number of benzene rings is 2. The summed E-state index contributed by atoms with van der Waals surface area (Å²) >= 11 is 0. The quantitative estimate of drug-likeness (QED) is 0.314. The van der Waals surface area contributed by atoms with Crippen molar-refractivity contribution < 1.29 is 24.2 Å². The molecule has 2 aromatic carbocycles. The Morgan fingerprint density at radius 1 is 1.17 bits per heavy atom. The number of Topliss-reactive ketones (excluding diaryl/α,β-unsaturated/α-hetero) is 1. The first-order valence-corrected chi connectivity index (χ1v) is 12.8. The van der Waals surface area contributed by atoms with Gasteiger partial charge in [0.05, 0.1) is 17.7 Å². The summed E-state index contributed by atoms with van der Waals surface area (Å²) < 4.78 is 11.7. The highest BCUT2D eigenvalue weighted by atomic mass is 16.5. The van der Waals surface area contributed by atoms with Gasteiger partial charge in [-0.2, -0.15) is 0 Å². The zero-order valence-corrected chi connectivity index (χ0v) is 21.8. The molecule has 0 bridgehead atoms. The molecule has 1 amide bonds. The number of nitrogens with zero attached hydrogens (tertiary/aromatic N) is 2. The Labute approximate surface area is 213 Å². The molecule has 4 rings (SSSR count). The van der Waals surface area contributed by atoms with Crippen molar-refractivity contribution in [3.63, 3.8) is 0 Å². The second-order valence-electron chi connectivity index (χ2n) is 9.71. The van der Waals surface area contributed by atoms with Gasteiger partial charge in [0.15, 0.2) is 0 Å². The minimum absolute atomic E-state index is 0.0229. The lowest BCUT2D eigenvalue weighted by atomic mass is 9.94. The highest BCUT2D eigenvalue weighted by Crippen LogP contribution is 2.41. The van der Waals surface area contributed by atoms with Crippen molar-refractivity contribution in [3.05, 3.63) is 64.7 Å². The minimum Gasteiger partial charge on any atom is -0.507 e. The second-order valence-corrected chi connectivity index (χ2v) is 9.71. The summed E-state index contributed by atoms with van der Waals surface area (Å²) in [5, 5.41) is 11.4. The number of rotatable bonds is 9. The van der Waals surface area contributed by atoms with Crippen molar-refractivity contribution in [2.24, 2.45) is 0 Å². The van der Waals surface area contributed by atoms with Gasteiger partial charge >= 0.3 is 0 Å². The third-order valence-electron chi connectivity index (χ3n) is 6.81. The maximum absolute atomic E-state index is 13.4. The molecular formula is C29H36N2O5. The van der Waals surface area contributed by atoms with Gasteiger partial charge in [0, 0.05) is 25.1 Å². The Balaban J connectivity index is 1.79. The Morgan fingerprint density at radius 3 is 2.61 bits per heavy atom. The van der Waals surface area contributed by atoms with Gasteiger partial charge in [0.1, 0.15) is 23.4 Å². The number of carbonyl (C=O) groups excluding carboxylic acids is 2. The lowest BCUT2D eigenvalue weighted by Gasteiger charge is -2.28. The molecule has 2 atom stereocenters. The van der Waals surface area contributed by atoms with Crippen LogP contribution in [0.2, 0.25) is 0 Å². The van der Waals surface area contributed by atoms with Crippen molar-refractivity contribution in [1.82, 2.24) is 9.80 Å². The topological polar surface area (TPSA) is 79.3 Å². The van der Waals surface area contributed by atoms with Gasteiger partial charge in [-0.1, -0.05) is 26.0 Å². The van der Waals surface area contributed by atoms with Gasteiger partial charge in [-0.3, -0.25) is 9.59 Å². The number of fused-ring (bicyclic) bond motifs is 1. The van der Waals surface area contributed by atoms with Crippen molar-refractivity contribution in [2.45, 2.75) is 59.3 Å². The number of ketones is 1. The van der Waals surface area contributed by atoms with Crippen LogP contribution < -0.4 is 9.47 Å². The number of hydrogen-bond acceptors (Lipinski definition) is 6. The van der Waals surface area contributed by atoms with E-state index in [1.807, 2.05) is 57.2 Å². The van der Waals surface area contributed by atoms with Gasteiger partial charge in [-0.15, -0.1) is 0 Å². The molecule has 36 heavy (non-hydrogen) atoms. The van der Waals surface area contributed by atoms with Crippen LogP contribution in [0.25, 0.3) is 5.76 Å². The number of aliphatic hydroxyl groups is 1. The lowest BCUT2D eigenvalue weighted by molar-refractivity contribution is -0.140. The average Bonchev–Trinajstić information content (AvgIpc) is 3.34. The largest absolute Gasteiger partial charge is 0.507 e. The van der Waals surface area contributed by atoms with Crippen molar-refractivity contribution in [2.75, 3.05) is 26.2 Å². The van der Waals surface area contributed by atoms with E-state index in [0.717, 1.165) is 36.4 Å². The first-order chi connectivity index (χ1) is 17.2. The average molecular weight is 493 g/mol. The first-order valence-electron chi connectivity index (χ1n) is 12.8. The number of likely N-dealkylation sites (N-methyl/N-ethyl adjacent to an activating group) is 1. The van der Waals surface area contributed by atoms with Crippen LogP contribution >= 0.6 is 0 Å². The molecule has 0 radical (unpaired) electrons.